The average Bonchev–Trinajstić information content (AvgIpc) is 3.24. The maximum Gasteiger partial charge on any atom is 0.257 e. The molecule has 0 saturated carbocycles. The number of hydrogen-bond acceptors (Lipinski definition) is 5. The van der Waals surface area contributed by atoms with Crippen LogP contribution in [-0.4, -0.2) is 74.4 Å². The molecule has 1 amide bonds. The fraction of sp³-hybridized carbons (Fsp3) is 0.722. The molecule has 4 heterocycles. The molecule has 4 rings (SSSR count). The molecule has 1 atom stereocenters. The van der Waals surface area contributed by atoms with Crippen LogP contribution >= 0.6 is 0 Å². The molecule has 3 aliphatic rings. The summed E-state index contributed by atoms with van der Waals surface area (Å²) >= 11 is 0. The summed E-state index contributed by atoms with van der Waals surface area (Å²) in [4.78, 5) is 17.3. The predicted molar refractivity (Wildman–Crippen MR) is 87.9 cm³/mol. The smallest absolute Gasteiger partial charge is 0.257 e. The van der Waals surface area contributed by atoms with Crippen LogP contribution in [0.3, 0.4) is 0 Å². The minimum atomic E-state index is 0.0538. The van der Waals surface area contributed by atoms with Gasteiger partial charge in [-0.3, -0.25) is 9.69 Å². The Morgan fingerprint density at radius 2 is 2.00 bits per heavy atom. The van der Waals surface area contributed by atoms with Crippen LogP contribution in [0, 0.1) is 5.41 Å². The Bertz CT molecular complexity index is 555. The molecular weight excluding hydrogens is 308 g/mol. The van der Waals surface area contributed by atoms with Gasteiger partial charge < -0.3 is 18.8 Å². The molecule has 132 valence electrons. The highest BCUT2D eigenvalue weighted by Crippen LogP contribution is 2.36. The predicted octanol–water partition coefficient (Wildman–Crippen LogP) is 1.62. The topological polar surface area (TPSA) is 55.2 Å². The third kappa shape index (κ3) is 3.23. The van der Waals surface area contributed by atoms with E-state index in [1.807, 2.05) is 4.90 Å². The molecule has 6 nitrogen and oxygen atoms in total. The molecule has 3 fully saturated rings. The van der Waals surface area contributed by atoms with Crippen molar-refractivity contribution in [2.24, 2.45) is 5.41 Å². The van der Waals surface area contributed by atoms with Gasteiger partial charge in [-0.25, -0.2) is 0 Å². The van der Waals surface area contributed by atoms with E-state index in [1.54, 1.807) is 12.3 Å². The lowest BCUT2D eigenvalue weighted by Crippen LogP contribution is -2.45. The Morgan fingerprint density at radius 3 is 2.79 bits per heavy atom. The highest BCUT2D eigenvalue weighted by Gasteiger charge is 2.44. The van der Waals surface area contributed by atoms with Gasteiger partial charge in [0, 0.05) is 44.3 Å². The van der Waals surface area contributed by atoms with Gasteiger partial charge in [-0.05, 0) is 31.9 Å². The van der Waals surface area contributed by atoms with Crippen LogP contribution in [0.25, 0.3) is 0 Å². The Balaban J connectivity index is 1.45. The first kappa shape index (κ1) is 16.1. The van der Waals surface area contributed by atoms with Gasteiger partial charge in [-0.2, -0.15) is 0 Å². The van der Waals surface area contributed by atoms with Crippen LogP contribution in [0.1, 0.15) is 29.6 Å². The fourth-order valence-electron chi connectivity index (χ4n) is 4.31. The van der Waals surface area contributed by atoms with E-state index in [0.717, 1.165) is 58.7 Å². The van der Waals surface area contributed by atoms with E-state index in [-0.39, 0.29) is 11.3 Å². The van der Waals surface area contributed by atoms with Crippen molar-refractivity contribution in [3.63, 3.8) is 0 Å². The van der Waals surface area contributed by atoms with Crippen molar-refractivity contribution in [3.8, 4) is 0 Å². The normalized spacial score (nSPS) is 29.9. The number of rotatable bonds is 2. The Kier molecular flexibility index (Phi) is 4.61. The van der Waals surface area contributed by atoms with E-state index >= 15 is 0 Å². The van der Waals surface area contributed by atoms with Crippen molar-refractivity contribution >= 4 is 5.91 Å². The van der Waals surface area contributed by atoms with Crippen molar-refractivity contribution in [2.45, 2.75) is 25.3 Å². The van der Waals surface area contributed by atoms with E-state index < -0.39 is 0 Å². The van der Waals surface area contributed by atoms with E-state index in [4.69, 9.17) is 13.9 Å². The summed E-state index contributed by atoms with van der Waals surface area (Å²) < 4.78 is 16.5. The maximum atomic E-state index is 12.7. The van der Waals surface area contributed by atoms with Crippen LogP contribution < -0.4 is 0 Å². The average molecular weight is 334 g/mol. The van der Waals surface area contributed by atoms with Crippen molar-refractivity contribution in [3.05, 3.63) is 24.2 Å². The fourth-order valence-corrected chi connectivity index (χ4v) is 4.31. The Hall–Kier alpha value is -1.37. The first-order chi connectivity index (χ1) is 11.8. The summed E-state index contributed by atoms with van der Waals surface area (Å²) in [7, 11) is 0. The summed E-state index contributed by atoms with van der Waals surface area (Å²) in [6.45, 7) is 6.66. The van der Waals surface area contributed by atoms with Crippen molar-refractivity contribution < 1.29 is 18.7 Å². The third-order valence-electron chi connectivity index (χ3n) is 5.67. The number of likely N-dealkylation sites (tertiary alicyclic amines) is 1. The van der Waals surface area contributed by atoms with E-state index in [9.17, 15) is 4.79 Å². The first-order valence-corrected chi connectivity index (χ1v) is 8.97. The molecule has 1 aromatic heterocycles. The van der Waals surface area contributed by atoms with Crippen LogP contribution in [0.5, 0.6) is 0 Å². The summed E-state index contributed by atoms with van der Waals surface area (Å²) in [5.74, 6) is 0.0538. The second-order valence-corrected chi connectivity index (χ2v) is 7.36. The maximum absolute atomic E-state index is 12.7. The molecule has 1 aromatic rings. The number of carbonyl (C=O) groups is 1. The number of amides is 1. The molecule has 3 aliphatic heterocycles. The summed E-state index contributed by atoms with van der Waals surface area (Å²) in [5.41, 5.74) is 0.695. The van der Waals surface area contributed by atoms with Crippen molar-refractivity contribution in [1.82, 2.24) is 9.80 Å². The molecule has 0 N–H and O–H groups in total. The molecule has 0 aromatic carbocycles. The molecule has 0 radical (unpaired) electrons. The molecule has 0 unspecified atom stereocenters. The zero-order valence-corrected chi connectivity index (χ0v) is 14.1. The summed E-state index contributed by atoms with van der Waals surface area (Å²) in [5, 5.41) is 0. The zero-order chi connectivity index (χ0) is 16.4. The zero-order valence-electron chi connectivity index (χ0n) is 14.1. The molecule has 0 aliphatic carbocycles. The number of hydrogen-bond donors (Lipinski definition) is 0. The van der Waals surface area contributed by atoms with Gasteiger partial charge in [-0.1, -0.05) is 0 Å². The van der Waals surface area contributed by atoms with Crippen LogP contribution in [0.4, 0.5) is 0 Å². The van der Waals surface area contributed by atoms with Crippen molar-refractivity contribution in [2.75, 3.05) is 52.6 Å². The molecular formula is C18H26N2O4. The first-order valence-electron chi connectivity index (χ1n) is 8.97. The molecule has 6 heteroatoms. The summed E-state index contributed by atoms with van der Waals surface area (Å²) in [6, 6.07) is 2.36. The third-order valence-corrected chi connectivity index (χ3v) is 5.67. The lowest BCUT2D eigenvalue weighted by atomic mass is 9.87. The van der Waals surface area contributed by atoms with Gasteiger partial charge in [0.15, 0.2) is 0 Å². The van der Waals surface area contributed by atoms with Gasteiger partial charge in [0.1, 0.15) is 6.26 Å². The molecule has 0 bridgehead atoms. The highest BCUT2D eigenvalue weighted by molar-refractivity contribution is 5.93. The minimum Gasteiger partial charge on any atom is -0.472 e. The van der Waals surface area contributed by atoms with Gasteiger partial charge in [0.2, 0.25) is 0 Å². The second-order valence-electron chi connectivity index (χ2n) is 7.36. The van der Waals surface area contributed by atoms with E-state index in [2.05, 4.69) is 4.90 Å². The summed E-state index contributed by atoms with van der Waals surface area (Å²) in [6.07, 6.45) is 6.42. The van der Waals surface area contributed by atoms with Crippen molar-refractivity contribution in [1.29, 1.82) is 0 Å². The minimum absolute atomic E-state index is 0.0538. The highest BCUT2D eigenvalue weighted by atomic mass is 16.5. The number of carbonyl (C=O) groups excluding carboxylic acids is 1. The van der Waals surface area contributed by atoms with E-state index in [1.165, 1.54) is 6.26 Å². The van der Waals surface area contributed by atoms with Gasteiger partial charge in [-0.15, -0.1) is 0 Å². The van der Waals surface area contributed by atoms with Gasteiger partial charge >= 0.3 is 0 Å². The monoisotopic (exact) mass is 334 g/mol. The number of nitrogens with zero attached hydrogens (tertiary/aromatic N) is 2. The molecule has 1 spiro atoms. The Morgan fingerprint density at radius 1 is 1.12 bits per heavy atom. The largest absolute Gasteiger partial charge is 0.472 e. The lowest BCUT2D eigenvalue weighted by Gasteiger charge is -2.35. The quantitative estimate of drug-likeness (QED) is 0.823. The number of ether oxygens (including phenoxy) is 2. The standard InChI is InChI=1S/C18H26N2O4/c21-17(15-1-7-23-11-15)20-6-10-24-14-18(13-20)4-5-19(12-18)16-2-8-22-9-3-16/h1,7,11,16H,2-6,8-10,12-14H2/t18-/m1/s1. The van der Waals surface area contributed by atoms with Crippen LogP contribution in [-0.2, 0) is 9.47 Å². The lowest BCUT2D eigenvalue weighted by molar-refractivity contribution is 0.0284. The number of furan rings is 1. The second kappa shape index (κ2) is 6.86. The van der Waals surface area contributed by atoms with E-state index in [0.29, 0.717) is 24.8 Å². The SMILES string of the molecule is O=C(c1ccoc1)N1CCOC[C@@]2(CCN(C3CCOCC3)C2)C1. The molecule has 24 heavy (non-hydrogen) atoms. The van der Waals surface area contributed by atoms with Gasteiger partial charge in [0.25, 0.3) is 5.91 Å². The molecule has 3 saturated heterocycles. The van der Waals surface area contributed by atoms with Crippen LogP contribution in [0.2, 0.25) is 0 Å². The van der Waals surface area contributed by atoms with Crippen LogP contribution in [0.15, 0.2) is 23.0 Å². The van der Waals surface area contributed by atoms with Gasteiger partial charge in [0.05, 0.1) is 25.0 Å². The Labute approximate surface area is 142 Å².